The van der Waals surface area contributed by atoms with Crippen molar-refractivity contribution in [3.8, 4) is 0 Å². The van der Waals surface area contributed by atoms with Crippen molar-refractivity contribution >= 4 is 0 Å². The van der Waals surface area contributed by atoms with Gasteiger partial charge in [0.2, 0.25) is 0 Å². The van der Waals surface area contributed by atoms with Crippen LogP contribution in [-0.4, -0.2) is 9.97 Å². The SMILES string of the molecule is CCc1nc([C@@H](N)c2ccccc2)[nH]c1CC. The molecule has 1 aromatic carbocycles. The lowest BCUT2D eigenvalue weighted by atomic mass is 10.1. The summed E-state index contributed by atoms with van der Waals surface area (Å²) in [6.07, 6.45) is 1.92. The molecule has 2 rings (SSSR count). The number of nitrogens with one attached hydrogen (secondary N) is 1. The van der Waals surface area contributed by atoms with E-state index in [4.69, 9.17) is 5.73 Å². The molecule has 0 aliphatic rings. The van der Waals surface area contributed by atoms with Crippen molar-refractivity contribution in [3.63, 3.8) is 0 Å². The molecule has 0 unspecified atom stereocenters. The number of nitrogens with zero attached hydrogens (tertiary/aromatic N) is 1. The number of nitrogens with two attached hydrogens (primary N) is 1. The Bertz CT molecular complexity index is 452. The third-order valence-corrected chi connectivity index (χ3v) is 3.02. The summed E-state index contributed by atoms with van der Waals surface area (Å²) in [6.45, 7) is 4.25. The molecule has 0 saturated heterocycles. The van der Waals surface area contributed by atoms with Gasteiger partial charge in [-0.05, 0) is 18.4 Å². The summed E-state index contributed by atoms with van der Waals surface area (Å²) in [6, 6.07) is 9.89. The van der Waals surface area contributed by atoms with E-state index in [2.05, 4.69) is 23.8 Å². The molecular formula is C14H19N3. The van der Waals surface area contributed by atoms with Crippen LogP contribution in [-0.2, 0) is 12.8 Å². The molecule has 0 radical (unpaired) electrons. The number of aromatic nitrogens is 2. The predicted molar refractivity (Wildman–Crippen MR) is 69.8 cm³/mol. The van der Waals surface area contributed by atoms with E-state index in [1.54, 1.807) is 0 Å². The van der Waals surface area contributed by atoms with Gasteiger partial charge in [0.25, 0.3) is 0 Å². The Morgan fingerprint density at radius 1 is 1.18 bits per heavy atom. The first-order valence-corrected chi connectivity index (χ1v) is 6.14. The van der Waals surface area contributed by atoms with Crippen LogP contribution in [0.25, 0.3) is 0 Å². The van der Waals surface area contributed by atoms with Gasteiger partial charge in [0.1, 0.15) is 5.82 Å². The molecule has 1 heterocycles. The van der Waals surface area contributed by atoms with E-state index >= 15 is 0 Å². The third-order valence-electron chi connectivity index (χ3n) is 3.02. The minimum atomic E-state index is -0.165. The van der Waals surface area contributed by atoms with Gasteiger partial charge in [-0.2, -0.15) is 0 Å². The molecule has 0 saturated carbocycles. The Labute approximate surface area is 102 Å². The molecule has 3 nitrogen and oxygen atoms in total. The molecule has 17 heavy (non-hydrogen) atoms. The fourth-order valence-electron chi connectivity index (χ4n) is 2.02. The van der Waals surface area contributed by atoms with Crippen LogP contribution in [0.1, 0.15) is 42.7 Å². The van der Waals surface area contributed by atoms with E-state index < -0.39 is 0 Å². The molecule has 0 aliphatic carbocycles. The molecule has 0 aliphatic heterocycles. The lowest BCUT2D eigenvalue weighted by Crippen LogP contribution is -2.13. The highest BCUT2D eigenvalue weighted by atomic mass is 15.0. The second kappa shape index (κ2) is 5.15. The molecule has 0 bridgehead atoms. The zero-order valence-corrected chi connectivity index (χ0v) is 10.4. The first kappa shape index (κ1) is 11.9. The molecule has 2 aromatic rings. The molecule has 3 N–H and O–H groups in total. The van der Waals surface area contributed by atoms with Gasteiger partial charge in [-0.25, -0.2) is 4.98 Å². The Morgan fingerprint density at radius 3 is 2.41 bits per heavy atom. The zero-order valence-electron chi connectivity index (χ0n) is 10.4. The molecule has 0 amide bonds. The molecule has 0 spiro atoms. The number of aryl methyl sites for hydroxylation is 2. The number of hydrogen-bond donors (Lipinski definition) is 2. The number of rotatable bonds is 4. The Kier molecular flexibility index (Phi) is 3.59. The Balaban J connectivity index is 2.31. The lowest BCUT2D eigenvalue weighted by Gasteiger charge is -2.08. The van der Waals surface area contributed by atoms with Gasteiger partial charge in [0.05, 0.1) is 11.7 Å². The van der Waals surface area contributed by atoms with Crippen LogP contribution >= 0.6 is 0 Å². The van der Waals surface area contributed by atoms with Gasteiger partial charge >= 0.3 is 0 Å². The summed E-state index contributed by atoms with van der Waals surface area (Å²) >= 11 is 0. The second-order valence-corrected chi connectivity index (χ2v) is 4.14. The summed E-state index contributed by atoms with van der Waals surface area (Å²) in [4.78, 5) is 7.94. The summed E-state index contributed by atoms with van der Waals surface area (Å²) in [7, 11) is 0. The quantitative estimate of drug-likeness (QED) is 0.846. The van der Waals surface area contributed by atoms with Gasteiger partial charge in [-0.1, -0.05) is 44.2 Å². The number of H-pyrrole nitrogens is 1. The van der Waals surface area contributed by atoms with Crippen molar-refractivity contribution in [2.75, 3.05) is 0 Å². The van der Waals surface area contributed by atoms with E-state index in [1.165, 1.54) is 5.69 Å². The summed E-state index contributed by atoms with van der Waals surface area (Å²) < 4.78 is 0. The van der Waals surface area contributed by atoms with Crippen molar-refractivity contribution in [1.29, 1.82) is 0 Å². The third kappa shape index (κ3) is 2.39. The molecule has 3 heteroatoms. The van der Waals surface area contributed by atoms with Crippen LogP contribution in [0.4, 0.5) is 0 Å². The zero-order chi connectivity index (χ0) is 12.3. The average Bonchev–Trinajstić information content (AvgIpc) is 2.82. The number of aromatic amines is 1. The van der Waals surface area contributed by atoms with Crippen molar-refractivity contribution < 1.29 is 0 Å². The first-order chi connectivity index (χ1) is 8.26. The molecule has 0 fully saturated rings. The van der Waals surface area contributed by atoms with E-state index in [-0.39, 0.29) is 6.04 Å². The molecule has 90 valence electrons. The van der Waals surface area contributed by atoms with Crippen LogP contribution in [0, 0.1) is 0 Å². The summed E-state index contributed by atoms with van der Waals surface area (Å²) in [5.74, 6) is 0.866. The van der Waals surface area contributed by atoms with Crippen LogP contribution in [0.2, 0.25) is 0 Å². The summed E-state index contributed by atoms with van der Waals surface area (Å²) in [5, 5.41) is 0. The van der Waals surface area contributed by atoms with Gasteiger partial charge < -0.3 is 10.7 Å². The van der Waals surface area contributed by atoms with Crippen LogP contribution in [0.15, 0.2) is 30.3 Å². The fraction of sp³-hybridized carbons (Fsp3) is 0.357. The van der Waals surface area contributed by atoms with Crippen LogP contribution in [0.5, 0.6) is 0 Å². The topological polar surface area (TPSA) is 54.7 Å². The first-order valence-electron chi connectivity index (χ1n) is 6.14. The van der Waals surface area contributed by atoms with Crippen LogP contribution in [0.3, 0.4) is 0 Å². The van der Waals surface area contributed by atoms with Gasteiger partial charge in [0.15, 0.2) is 0 Å². The van der Waals surface area contributed by atoms with Crippen LogP contribution < -0.4 is 5.73 Å². The Morgan fingerprint density at radius 2 is 1.88 bits per heavy atom. The van der Waals surface area contributed by atoms with E-state index in [1.807, 2.05) is 30.3 Å². The molecule has 1 aromatic heterocycles. The van der Waals surface area contributed by atoms with Crippen molar-refractivity contribution in [1.82, 2.24) is 9.97 Å². The lowest BCUT2D eigenvalue weighted by molar-refractivity contribution is 0.793. The standard InChI is InChI=1S/C14H19N3/c1-3-11-12(4-2)17-14(16-11)13(15)10-8-6-5-7-9-10/h5-9,13H,3-4,15H2,1-2H3,(H,16,17)/t13-/m0/s1. The highest BCUT2D eigenvalue weighted by Gasteiger charge is 2.14. The summed E-state index contributed by atoms with van der Waals surface area (Å²) in [5.41, 5.74) is 9.64. The minimum Gasteiger partial charge on any atom is -0.344 e. The predicted octanol–water partition coefficient (Wildman–Crippen LogP) is 2.58. The largest absolute Gasteiger partial charge is 0.344 e. The maximum Gasteiger partial charge on any atom is 0.128 e. The van der Waals surface area contributed by atoms with Crippen molar-refractivity contribution in [3.05, 3.63) is 53.1 Å². The monoisotopic (exact) mass is 229 g/mol. The smallest absolute Gasteiger partial charge is 0.128 e. The highest BCUT2D eigenvalue weighted by Crippen LogP contribution is 2.19. The number of benzene rings is 1. The second-order valence-electron chi connectivity index (χ2n) is 4.14. The van der Waals surface area contributed by atoms with E-state index in [0.717, 1.165) is 29.9 Å². The van der Waals surface area contributed by atoms with Crippen molar-refractivity contribution in [2.45, 2.75) is 32.7 Å². The molecular weight excluding hydrogens is 210 g/mol. The number of imidazole rings is 1. The maximum absolute atomic E-state index is 6.21. The van der Waals surface area contributed by atoms with Crippen molar-refractivity contribution in [2.24, 2.45) is 5.73 Å². The average molecular weight is 229 g/mol. The normalized spacial score (nSPS) is 12.6. The van der Waals surface area contributed by atoms with E-state index in [9.17, 15) is 0 Å². The van der Waals surface area contributed by atoms with Gasteiger partial charge in [-0.15, -0.1) is 0 Å². The highest BCUT2D eigenvalue weighted by molar-refractivity contribution is 5.26. The van der Waals surface area contributed by atoms with Gasteiger partial charge in [0, 0.05) is 5.69 Å². The fourth-order valence-corrected chi connectivity index (χ4v) is 2.02. The minimum absolute atomic E-state index is 0.165. The van der Waals surface area contributed by atoms with Gasteiger partial charge in [-0.3, -0.25) is 0 Å². The number of hydrogen-bond acceptors (Lipinski definition) is 2. The maximum atomic E-state index is 6.21. The van der Waals surface area contributed by atoms with E-state index in [0.29, 0.717) is 0 Å². The molecule has 1 atom stereocenters. The Hall–Kier alpha value is -1.61.